The third kappa shape index (κ3) is 5.88. The highest BCUT2D eigenvalue weighted by Crippen LogP contribution is 2.16. The van der Waals surface area contributed by atoms with Gasteiger partial charge in [0.2, 0.25) is 5.91 Å². The fraction of sp³-hybridized carbons (Fsp3) is 0.562. The molecule has 2 atom stereocenters. The Morgan fingerprint density at radius 1 is 1.16 bits per heavy atom. The number of carbonyl (C=O) groups excluding carboxylic acids is 1. The zero-order valence-corrected chi connectivity index (χ0v) is 12.4. The van der Waals surface area contributed by atoms with Gasteiger partial charge in [0.25, 0.3) is 0 Å². The van der Waals surface area contributed by atoms with Gasteiger partial charge in [0, 0.05) is 18.5 Å². The van der Waals surface area contributed by atoms with Gasteiger partial charge in [-0.25, -0.2) is 0 Å². The first-order valence-electron chi connectivity index (χ1n) is 7.01. The molecule has 3 nitrogen and oxygen atoms in total. The molecule has 0 saturated carbocycles. The van der Waals surface area contributed by atoms with E-state index in [9.17, 15) is 4.79 Å². The molecule has 0 fully saturated rings. The van der Waals surface area contributed by atoms with E-state index in [1.165, 1.54) is 11.1 Å². The largest absolute Gasteiger partial charge is 0.370 e. The molecule has 106 valence electrons. The average molecular weight is 262 g/mol. The lowest BCUT2D eigenvalue weighted by Crippen LogP contribution is -2.32. The van der Waals surface area contributed by atoms with Crippen molar-refractivity contribution in [2.75, 3.05) is 0 Å². The molecular weight excluding hydrogens is 236 g/mol. The quantitative estimate of drug-likeness (QED) is 0.794. The second-order valence-electron chi connectivity index (χ2n) is 5.80. The van der Waals surface area contributed by atoms with Crippen LogP contribution in [-0.4, -0.2) is 11.9 Å². The van der Waals surface area contributed by atoms with E-state index in [4.69, 9.17) is 5.73 Å². The Bertz CT molecular complexity index is 398. The van der Waals surface area contributed by atoms with Gasteiger partial charge < -0.3 is 11.1 Å². The number of amides is 1. The Morgan fingerprint density at radius 2 is 1.74 bits per heavy atom. The van der Waals surface area contributed by atoms with Crippen LogP contribution in [0, 0.1) is 5.92 Å². The number of benzene rings is 1. The van der Waals surface area contributed by atoms with Gasteiger partial charge >= 0.3 is 0 Å². The molecule has 0 aliphatic heterocycles. The highest BCUT2D eigenvalue weighted by Gasteiger charge is 2.11. The van der Waals surface area contributed by atoms with Gasteiger partial charge in [-0.1, -0.05) is 38.1 Å². The van der Waals surface area contributed by atoms with E-state index in [2.05, 4.69) is 50.4 Å². The maximum absolute atomic E-state index is 10.9. The monoisotopic (exact) mass is 262 g/mol. The number of hydrogen-bond donors (Lipinski definition) is 2. The van der Waals surface area contributed by atoms with Crippen molar-refractivity contribution in [2.45, 2.75) is 52.6 Å². The molecule has 0 unspecified atom stereocenters. The summed E-state index contributed by atoms with van der Waals surface area (Å²) in [7, 11) is 0. The van der Waals surface area contributed by atoms with E-state index < -0.39 is 0 Å². The van der Waals surface area contributed by atoms with Crippen LogP contribution in [0.2, 0.25) is 0 Å². The van der Waals surface area contributed by atoms with Crippen LogP contribution in [0.3, 0.4) is 0 Å². The molecule has 0 saturated heterocycles. The number of primary amides is 1. The maximum Gasteiger partial charge on any atom is 0.218 e. The topological polar surface area (TPSA) is 55.1 Å². The van der Waals surface area contributed by atoms with Crippen LogP contribution in [0.1, 0.15) is 51.3 Å². The van der Waals surface area contributed by atoms with Gasteiger partial charge in [0.15, 0.2) is 0 Å². The van der Waals surface area contributed by atoms with Crippen molar-refractivity contribution in [1.82, 2.24) is 5.32 Å². The van der Waals surface area contributed by atoms with Crippen LogP contribution < -0.4 is 11.1 Å². The molecule has 0 spiro atoms. The number of nitrogens with two attached hydrogens (primary N) is 1. The normalized spacial score (nSPS) is 14.4. The molecule has 3 N–H and O–H groups in total. The average Bonchev–Trinajstić information content (AvgIpc) is 2.27. The maximum atomic E-state index is 10.9. The van der Waals surface area contributed by atoms with Gasteiger partial charge in [-0.15, -0.1) is 0 Å². The van der Waals surface area contributed by atoms with E-state index >= 15 is 0 Å². The zero-order valence-electron chi connectivity index (χ0n) is 12.4. The van der Waals surface area contributed by atoms with Crippen LogP contribution in [0.15, 0.2) is 24.3 Å². The summed E-state index contributed by atoms with van der Waals surface area (Å²) in [6.07, 6.45) is 1.48. The van der Waals surface area contributed by atoms with E-state index in [1.807, 2.05) is 6.92 Å². The van der Waals surface area contributed by atoms with Crippen molar-refractivity contribution in [1.29, 1.82) is 0 Å². The fourth-order valence-corrected chi connectivity index (χ4v) is 2.30. The van der Waals surface area contributed by atoms with Crippen molar-refractivity contribution in [3.63, 3.8) is 0 Å². The molecule has 1 aromatic carbocycles. The Kier molecular flexibility index (Phi) is 6.03. The first-order chi connectivity index (χ1) is 8.88. The highest BCUT2D eigenvalue weighted by molar-refractivity contribution is 5.74. The summed E-state index contributed by atoms with van der Waals surface area (Å²) in [5.74, 6) is 0.413. The minimum absolute atomic E-state index is 0.0999. The molecule has 1 amide bonds. The van der Waals surface area contributed by atoms with Gasteiger partial charge in [-0.3, -0.25) is 4.79 Å². The minimum atomic E-state index is -0.264. The van der Waals surface area contributed by atoms with E-state index in [0.29, 0.717) is 12.3 Å². The van der Waals surface area contributed by atoms with Crippen molar-refractivity contribution in [3.05, 3.63) is 35.4 Å². The Labute approximate surface area is 116 Å². The molecule has 0 aromatic heterocycles. The Morgan fingerprint density at radius 3 is 2.21 bits per heavy atom. The lowest BCUT2D eigenvalue weighted by molar-refractivity contribution is -0.118. The number of rotatable bonds is 7. The predicted molar refractivity (Wildman–Crippen MR) is 79.8 cm³/mol. The second kappa shape index (κ2) is 7.29. The van der Waals surface area contributed by atoms with Crippen LogP contribution >= 0.6 is 0 Å². The summed E-state index contributed by atoms with van der Waals surface area (Å²) in [6, 6.07) is 9.02. The Balaban J connectivity index is 2.57. The second-order valence-corrected chi connectivity index (χ2v) is 5.80. The molecule has 0 aliphatic carbocycles. The first-order valence-corrected chi connectivity index (χ1v) is 7.01. The number of hydrogen-bond acceptors (Lipinski definition) is 2. The molecule has 1 rings (SSSR count). The summed E-state index contributed by atoms with van der Waals surface area (Å²) in [4.78, 5) is 10.9. The smallest absolute Gasteiger partial charge is 0.218 e. The Hall–Kier alpha value is -1.35. The van der Waals surface area contributed by atoms with Crippen LogP contribution in [0.4, 0.5) is 0 Å². The van der Waals surface area contributed by atoms with E-state index in [1.54, 1.807) is 0 Å². The van der Waals surface area contributed by atoms with Crippen molar-refractivity contribution in [2.24, 2.45) is 11.7 Å². The van der Waals surface area contributed by atoms with E-state index in [0.717, 1.165) is 6.42 Å². The van der Waals surface area contributed by atoms with Gasteiger partial charge in [0.1, 0.15) is 0 Å². The lowest BCUT2D eigenvalue weighted by atomic mass is 9.99. The lowest BCUT2D eigenvalue weighted by Gasteiger charge is -2.19. The highest BCUT2D eigenvalue weighted by atomic mass is 16.1. The third-order valence-corrected chi connectivity index (χ3v) is 3.17. The molecule has 0 radical (unpaired) electrons. The molecule has 0 aliphatic rings. The molecule has 0 bridgehead atoms. The fourth-order valence-electron chi connectivity index (χ4n) is 2.30. The zero-order chi connectivity index (χ0) is 14.4. The van der Waals surface area contributed by atoms with Gasteiger partial charge in [-0.05, 0) is 37.3 Å². The summed E-state index contributed by atoms with van der Waals surface area (Å²) >= 11 is 0. The molecule has 3 heteroatoms. The molecule has 0 heterocycles. The standard InChI is InChI=1S/C16H26N2O/c1-11(2)9-14-5-7-15(8-6-14)13(4)18-12(3)10-16(17)19/h5-8,11-13,18H,9-10H2,1-4H3,(H2,17,19)/t12-,13+/m0/s1. The SMILES string of the molecule is CC(C)Cc1ccc([C@@H](C)N[C@@H](C)CC(N)=O)cc1. The first kappa shape index (κ1) is 15.7. The van der Waals surface area contributed by atoms with Gasteiger partial charge in [0.05, 0.1) is 0 Å². The summed E-state index contributed by atoms with van der Waals surface area (Å²) in [5.41, 5.74) is 7.81. The molecule has 1 aromatic rings. The molecular formula is C16H26N2O. The summed E-state index contributed by atoms with van der Waals surface area (Å²) < 4.78 is 0. The van der Waals surface area contributed by atoms with Crippen molar-refractivity contribution >= 4 is 5.91 Å². The summed E-state index contributed by atoms with van der Waals surface area (Å²) in [5, 5.41) is 3.39. The van der Waals surface area contributed by atoms with Gasteiger partial charge in [-0.2, -0.15) is 0 Å². The number of carbonyl (C=O) groups is 1. The van der Waals surface area contributed by atoms with Crippen molar-refractivity contribution < 1.29 is 4.79 Å². The van der Waals surface area contributed by atoms with Crippen LogP contribution in [0.5, 0.6) is 0 Å². The number of nitrogens with one attached hydrogen (secondary N) is 1. The van der Waals surface area contributed by atoms with Crippen LogP contribution in [0.25, 0.3) is 0 Å². The molecule has 19 heavy (non-hydrogen) atoms. The van der Waals surface area contributed by atoms with Crippen molar-refractivity contribution in [3.8, 4) is 0 Å². The van der Waals surface area contributed by atoms with Crippen LogP contribution in [-0.2, 0) is 11.2 Å². The summed E-state index contributed by atoms with van der Waals surface area (Å²) in [6.45, 7) is 8.54. The van der Waals surface area contributed by atoms with E-state index in [-0.39, 0.29) is 18.0 Å². The predicted octanol–water partition coefficient (Wildman–Crippen LogP) is 2.80. The minimum Gasteiger partial charge on any atom is -0.370 e. The third-order valence-electron chi connectivity index (χ3n) is 3.17.